The van der Waals surface area contributed by atoms with E-state index in [1.165, 1.54) is 11.3 Å². The Labute approximate surface area is 108 Å². The van der Waals surface area contributed by atoms with Crippen molar-refractivity contribution < 1.29 is 5.11 Å². The van der Waals surface area contributed by atoms with Crippen LogP contribution in [0.4, 0.5) is 0 Å². The van der Waals surface area contributed by atoms with Crippen LogP contribution in [0.5, 0.6) is 0 Å². The van der Waals surface area contributed by atoms with E-state index >= 15 is 0 Å². The molecule has 0 spiro atoms. The molecule has 3 heteroatoms. The summed E-state index contributed by atoms with van der Waals surface area (Å²) < 4.78 is 0. The molecule has 0 radical (unpaired) electrons. The van der Waals surface area contributed by atoms with Gasteiger partial charge in [-0.15, -0.1) is 11.3 Å². The standard InChI is InChI=1S/C14H21NOS/c1-4-12(2)10-15(3)11-14-8-7-13(17-14)6-5-9-16/h7-8,12,16H,4,9-11H2,1-3H3. The molecule has 1 aromatic heterocycles. The van der Waals surface area contributed by atoms with Gasteiger partial charge < -0.3 is 10.0 Å². The summed E-state index contributed by atoms with van der Waals surface area (Å²) in [6.07, 6.45) is 1.22. The van der Waals surface area contributed by atoms with Crippen LogP contribution in [0.3, 0.4) is 0 Å². The average Bonchev–Trinajstić information content (AvgIpc) is 2.73. The minimum absolute atomic E-state index is 0.0683. The van der Waals surface area contributed by atoms with E-state index in [4.69, 9.17) is 5.11 Å². The van der Waals surface area contributed by atoms with E-state index in [1.807, 2.05) is 6.07 Å². The normalized spacial score (nSPS) is 12.3. The van der Waals surface area contributed by atoms with Crippen molar-refractivity contribution in [2.75, 3.05) is 20.2 Å². The van der Waals surface area contributed by atoms with Crippen LogP contribution in [-0.4, -0.2) is 30.2 Å². The van der Waals surface area contributed by atoms with Gasteiger partial charge in [-0.1, -0.05) is 32.1 Å². The number of thiophene rings is 1. The molecule has 0 aromatic carbocycles. The van der Waals surface area contributed by atoms with Gasteiger partial charge in [-0.05, 0) is 25.1 Å². The van der Waals surface area contributed by atoms with E-state index in [0.29, 0.717) is 0 Å². The van der Waals surface area contributed by atoms with E-state index in [2.05, 4.69) is 43.7 Å². The molecule has 1 aromatic rings. The fourth-order valence-electron chi connectivity index (χ4n) is 1.65. The first-order chi connectivity index (χ1) is 8.15. The number of nitrogens with zero attached hydrogens (tertiary/aromatic N) is 1. The lowest BCUT2D eigenvalue weighted by Crippen LogP contribution is -2.23. The van der Waals surface area contributed by atoms with E-state index in [1.54, 1.807) is 11.3 Å². The Bertz CT molecular complexity index is 388. The largest absolute Gasteiger partial charge is 0.384 e. The highest BCUT2D eigenvalue weighted by Crippen LogP contribution is 2.17. The molecule has 1 rings (SSSR count). The van der Waals surface area contributed by atoms with Crippen molar-refractivity contribution in [3.05, 3.63) is 21.9 Å². The Hall–Kier alpha value is -0.820. The van der Waals surface area contributed by atoms with Crippen molar-refractivity contribution in [2.45, 2.75) is 26.8 Å². The van der Waals surface area contributed by atoms with E-state index in [-0.39, 0.29) is 6.61 Å². The summed E-state index contributed by atoms with van der Waals surface area (Å²) in [4.78, 5) is 4.72. The molecule has 0 aliphatic rings. The Kier molecular flexibility index (Phi) is 6.28. The number of hydrogen-bond acceptors (Lipinski definition) is 3. The van der Waals surface area contributed by atoms with Crippen molar-refractivity contribution in [1.82, 2.24) is 4.90 Å². The summed E-state index contributed by atoms with van der Waals surface area (Å²) in [5, 5.41) is 8.63. The van der Waals surface area contributed by atoms with Crippen LogP contribution in [0.2, 0.25) is 0 Å². The highest BCUT2D eigenvalue weighted by molar-refractivity contribution is 7.12. The van der Waals surface area contributed by atoms with Crippen molar-refractivity contribution in [1.29, 1.82) is 0 Å². The molecular weight excluding hydrogens is 230 g/mol. The first kappa shape index (κ1) is 14.2. The molecule has 1 N–H and O–H groups in total. The number of aliphatic hydroxyl groups excluding tert-OH is 1. The highest BCUT2D eigenvalue weighted by atomic mass is 32.1. The highest BCUT2D eigenvalue weighted by Gasteiger charge is 2.06. The van der Waals surface area contributed by atoms with E-state index in [9.17, 15) is 0 Å². The fraction of sp³-hybridized carbons (Fsp3) is 0.571. The van der Waals surface area contributed by atoms with Crippen molar-refractivity contribution in [3.8, 4) is 11.8 Å². The van der Waals surface area contributed by atoms with Gasteiger partial charge in [0.1, 0.15) is 6.61 Å². The zero-order valence-corrected chi connectivity index (χ0v) is 11.7. The van der Waals surface area contributed by atoms with E-state index < -0.39 is 0 Å². The van der Waals surface area contributed by atoms with Crippen molar-refractivity contribution in [3.63, 3.8) is 0 Å². The minimum Gasteiger partial charge on any atom is -0.384 e. The van der Waals surface area contributed by atoms with Gasteiger partial charge in [0.15, 0.2) is 0 Å². The molecule has 0 fully saturated rings. The Balaban J connectivity index is 2.48. The Morgan fingerprint density at radius 3 is 2.88 bits per heavy atom. The second kappa shape index (κ2) is 7.50. The van der Waals surface area contributed by atoms with Gasteiger partial charge in [0.25, 0.3) is 0 Å². The first-order valence-electron chi connectivity index (χ1n) is 6.02. The van der Waals surface area contributed by atoms with Gasteiger partial charge in [-0.2, -0.15) is 0 Å². The SMILES string of the molecule is CCC(C)CN(C)Cc1ccc(C#CCO)s1. The molecule has 0 saturated carbocycles. The first-order valence-corrected chi connectivity index (χ1v) is 6.84. The van der Waals surface area contributed by atoms with Gasteiger partial charge in [-0.3, -0.25) is 0 Å². The van der Waals surface area contributed by atoms with Crippen LogP contribution in [0.1, 0.15) is 30.0 Å². The number of rotatable bonds is 5. The molecule has 0 aliphatic heterocycles. The van der Waals surface area contributed by atoms with Gasteiger partial charge in [0.2, 0.25) is 0 Å². The summed E-state index contributed by atoms with van der Waals surface area (Å²) in [5.74, 6) is 6.36. The number of aliphatic hydroxyl groups is 1. The smallest absolute Gasteiger partial charge is 0.104 e. The molecule has 0 bridgehead atoms. The molecule has 94 valence electrons. The molecular formula is C14H21NOS. The summed E-state index contributed by atoms with van der Waals surface area (Å²) in [5.41, 5.74) is 0. The van der Waals surface area contributed by atoms with Crippen LogP contribution >= 0.6 is 11.3 Å². The van der Waals surface area contributed by atoms with Crippen LogP contribution in [0, 0.1) is 17.8 Å². The predicted molar refractivity (Wildman–Crippen MR) is 74.1 cm³/mol. The lowest BCUT2D eigenvalue weighted by Gasteiger charge is -2.19. The van der Waals surface area contributed by atoms with Gasteiger partial charge in [0.05, 0.1) is 4.88 Å². The zero-order valence-electron chi connectivity index (χ0n) is 10.9. The van der Waals surface area contributed by atoms with Crippen molar-refractivity contribution in [2.24, 2.45) is 5.92 Å². The maximum absolute atomic E-state index is 8.63. The third kappa shape index (κ3) is 5.36. The molecule has 1 unspecified atom stereocenters. The molecule has 17 heavy (non-hydrogen) atoms. The average molecular weight is 251 g/mol. The molecule has 1 atom stereocenters. The fourth-order valence-corrected chi connectivity index (χ4v) is 2.61. The van der Waals surface area contributed by atoms with Crippen LogP contribution in [0.25, 0.3) is 0 Å². The molecule has 1 heterocycles. The third-order valence-electron chi connectivity index (χ3n) is 2.70. The topological polar surface area (TPSA) is 23.5 Å². The maximum Gasteiger partial charge on any atom is 0.104 e. The van der Waals surface area contributed by atoms with Crippen molar-refractivity contribution >= 4 is 11.3 Å². The molecule has 0 amide bonds. The monoisotopic (exact) mass is 251 g/mol. The zero-order chi connectivity index (χ0) is 12.7. The van der Waals surface area contributed by atoms with Crippen LogP contribution in [0.15, 0.2) is 12.1 Å². The predicted octanol–water partition coefficient (Wildman–Crippen LogP) is 2.57. The quantitative estimate of drug-likeness (QED) is 0.813. The molecule has 0 saturated heterocycles. The van der Waals surface area contributed by atoms with Crippen LogP contribution < -0.4 is 0 Å². The Morgan fingerprint density at radius 2 is 2.24 bits per heavy atom. The lowest BCUT2D eigenvalue weighted by molar-refractivity contribution is 0.277. The number of hydrogen-bond donors (Lipinski definition) is 1. The summed E-state index contributed by atoms with van der Waals surface area (Å²) >= 11 is 1.71. The maximum atomic E-state index is 8.63. The summed E-state index contributed by atoms with van der Waals surface area (Å²) in [6.45, 7) is 6.55. The Morgan fingerprint density at radius 1 is 1.47 bits per heavy atom. The third-order valence-corrected chi connectivity index (χ3v) is 3.68. The minimum atomic E-state index is -0.0683. The summed E-state index contributed by atoms with van der Waals surface area (Å²) in [6, 6.07) is 4.15. The molecule has 0 aliphatic carbocycles. The van der Waals surface area contributed by atoms with Gasteiger partial charge in [0, 0.05) is 18.0 Å². The second-order valence-electron chi connectivity index (χ2n) is 4.44. The van der Waals surface area contributed by atoms with Gasteiger partial charge >= 0.3 is 0 Å². The second-order valence-corrected chi connectivity index (χ2v) is 5.60. The van der Waals surface area contributed by atoms with Gasteiger partial charge in [-0.25, -0.2) is 0 Å². The van der Waals surface area contributed by atoms with Crippen LogP contribution in [-0.2, 0) is 6.54 Å². The summed E-state index contributed by atoms with van der Waals surface area (Å²) in [7, 11) is 2.16. The lowest BCUT2D eigenvalue weighted by atomic mass is 10.1. The van der Waals surface area contributed by atoms with E-state index in [0.717, 1.165) is 23.9 Å². The molecule has 2 nitrogen and oxygen atoms in total.